The number of para-hydroxylation sites is 1. The Morgan fingerprint density at radius 1 is 1.07 bits per heavy atom. The van der Waals surface area contributed by atoms with Crippen LogP contribution in [0.15, 0.2) is 72.9 Å². The van der Waals surface area contributed by atoms with Crippen LogP contribution in [-0.4, -0.2) is 36.2 Å². The van der Waals surface area contributed by atoms with E-state index < -0.39 is 0 Å². The number of imide groups is 1. The lowest BCUT2D eigenvalue weighted by Gasteiger charge is -2.21. The van der Waals surface area contributed by atoms with Crippen molar-refractivity contribution in [2.45, 2.75) is 6.92 Å². The molecule has 0 aliphatic carbocycles. The van der Waals surface area contributed by atoms with Crippen LogP contribution >= 0.6 is 0 Å². The number of carbonyl (C=O) groups is 3. The molecule has 3 rings (SSSR count). The highest BCUT2D eigenvalue weighted by Gasteiger charge is 2.40. The molecular formula is C22H21N3O3. The normalized spacial score (nSPS) is 13.7. The molecule has 0 saturated heterocycles. The van der Waals surface area contributed by atoms with Gasteiger partial charge in [0.1, 0.15) is 5.70 Å². The summed E-state index contributed by atoms with van der Waals surface area (Å²) in [6, 6.07) is 16.2. The van der Waals surface area contributed by atoms with E-state index >= 15 is 0 Å². The van der Waals surface area contributed by atoms with Crippen LogP contribution in [0.5, 0.6) is 0 Å². The summed E-state index contributed by atoms with van der Waals surface area (Å²) < 4.78 is 0. The SMILES string of the molecule is C=CCN1C(=O)C(c2ccc(NC(C)=O)cc2)=C(N(C)c2ccccc2)C1=O. The molecule has 6 heteroatoms. The van der Waals surface area contributed by atoms with Gasteiger partial charge in [-0.15, -0.1) is 6.58 Å². The third-order valence-corrected chi connectivity index (χ3v) is 4.43. The Morgan fingerprint density at radius 3 is 2.29 bits per heavy atom. The lowest BCUT2D eigenvalue weighted by atomic mass is 10.0. The van der Waals surface area contributed by atoms with E-state index in [1.165, 1.54) is 17.9 Å². The molecule has 0 atom stereocenters. The Kier molecular flexibility index (Phi) is 5.40. The molecule has 1 aliphatic rings. The number of hydrogen-bond acceptors (Lipinski definition) is 4. The first-order valence-corrected chi connectivity index (χ1v) is 8.82. The van der Waals surface area contributed by atoms with Crippen molar-refractivity contribution in [3.8, 4) is 0 Å². The van der Waals surface area contributed by atoms with Crippen LogP contribution in [0.4, 0.5) is 11.4 Å². The molecule has 142 valence electrons. The average Bonchev–Trinajstić information content (AvgIpc) is 2.93. The molecule has 1 heterocycles. The summed E-state index contributed by atoms with van der Waals surface area (Å²) in [7, 11) is 1.76. The Balaban J connectivity index is 2.09. The smallest absolute Gasteiger partial charge is 0.278 e. The highest BCUT2D eigenvalue weighted by atomic mass is 16.2. The van der Waals surface area contributed by atoms with Gasteiger partial charge in [-0.1, -0.05) is 36.4 Å². The molecule has 0 unspecified atom stereocenters. The van der Waals surface area contributed by atoms with Crippen molar-refractivity contribution >= 4 is 34.7 Å². The Bertz CT molecular complexity index is 962. The van der Waals surface area contributed by atoms with Crippen LogP contribution in [0.3, 0.4) is 0 Å². The maximum Gasteiger partial charge on any atom is 0.278 e. The van der Waals surface area contributed by atoms with E-state index in [1.807, 2.05) is 30.3 Å². The minimum absolute atomic E-state index is 0.136. The Hall–Kier alpha value is -3.67. The van der Waals surface area contributed by atoms with Gasteiger partial charge < -0.3 is 10.2 Å². The molecule has 3 amide bonds. The van der Waals surface area contributed by atoms with Crippen molar-refractivity contribution in [3.05, 3.63) is 78.5 Å². The number of amides is 3. The maximum absolute atomic E-state index is 13.0. The zero-order valence-corrected chi connectivity index (χ0v) is 15.8. The van der Waals surface area contributed by atoms with Crippen molar-refractivity contribution in [2.75, 3.05) is 23.8 Å². The molecule has 0 saturated carbocycles. The number of rotatable bonds is 6. The zero-order chi connectivity index (χ0) is 20.3. The molecule has 0 aromatic heterocycles. The van der Waals surface area contributed by atoms with E-state index in [0.29, 0.717) is 22.5 Å². The third-order valence-electron chi connectivity index (χ3n) is 4.43. The molecule has 28 heavy (non-hydrogen) atoms. The van der Waals surface area contributed by atoms with Crippen LogP contribution in [0.2, 0.25) is 0 Å². The van der Waals surface area contributed by atoms with Crippen LogP contribution in [0.1, 0.15) is 12.5 Å². The summed E-state index contributed by atoms with van der Waals surface area (Å²) in [5.41, 5.74) is 2.66. The number of nitrogens with zero attached hydrogens (tertiary/aromatic N) is 2. The summed E-state index contributed by atoms with van der Waals surface area (Å²) in [5, 5.41) is 2.69. The molecule has 0 radical (unpaired) electrons. The van der Waals surface area contributed by atoms with Crippen molar-refractivity contribution in [2.24, 2.45) is 0 Å². The summed E-state index contributed by atoms with van der Waals surface area (Å²) >= 11 is 0. The second-order valence-electron chi connectivity index (χ2n) is 6.39. The number of anilines is 2. The lowest BCUT2D eigenvalue weighted by molar-refractivity contribution is -0.136. The first-order chi connectivity index (χ1) is 13.4. The summed E-state index contributed by atoms with van der Waals surface area (Å²) in [4.78, 5) is 40.2. The molecule has 0 bridgehead atoms. The number of nitrogens with one attached hydrogen (secondary N) is 1. The van der Waals surface area contributed by atoms with E-state index in [-0.39, 0.29) is 24.3 Å². The minimum atomic E-state index is -0.366. The van der Waals surface area contributed by atoms with Crippen molar-refractivity contribution in [1.82, 2.24) is 4.90 Å². The number of carbonyl (C=O) groups excluding carboxylic acids is 3. The van der Waals surface area contributed by atoms with Gasteiger partial charge in [-0.2, -0.15) is 0 Å². The lowest BCUT2D eigenvalue weighted by Crippen LogP contribution is -2.34. The van der Waals surface area contributed by atoms with Gasteiger partial charge in [0, 0.05) is 31.9 Å². The highest BCUT2D eigenvalue weighted by molar-refractivity contribution is 6.36. The van der Waals surface area contributed by atoms with Crippen molar-refractivity contribution in [3.63, 3.8) is 0 Å². The van der Waals surface area contributed by atoms with Gasteiger partial charge in [0.25, 0.3) is 11.8 Å². The average molecular weight is 375 g/mol. The van der Waals surface area contributed by atoms with Crippen LogP contribution < -0.4 is 10.2 Å². The van der Waals surface area contributed by atoms with Gasteiger partial charge in [-0.25, -0.2) is 0 Å². The first-order valence-electron chi connectivity index (χ1n) is 8.82. The van der Waals surface area contributed by atoms with Gasteiger partial charge >= 0.3 is 0 Å². The first kappa shape index (κ1) is 19.1. The standard InChI is InChI=1S/C22H21N3O3/c1-4-14-25-21(27)19(16-10-12-17(13-11-16)23-15(2)26)20(22(25)28)24(3)18-8-6-5-7-9-18/h4-13H,1,14H2,2-3H3,(H,23,26). The molecular weight excluding hydrogens is 354 g/mol. The molecule has 1 aliphatic heterocycles. The monoisotopic (exact) mass is 375 g/mol. The second-order valence-corrected chi connectivity index (χ2v) is 6.39. The minimum Gasteiger partial charge on any atom is -0.339 e. The van der Waals surface area contributed by atoms with E-state index in [1.54, 1.807) is 36.2 Å². The fourth-order valence-electron chi connectivity index (χ4n) is 3.13. The zero-order valence-electron chi connectivity index (χ0n) is 15.8. The number of likely N-dealkylation sites (N-methyl/N-ethyl adjacent to an activating group) is 1. The van der Waals surface area contributed by atoms with E-state index in [9.17, 15) is 14.4 Å². The topological polar surface area (TPSA) is 69.7 Å². The molecule has 2 aromatic carbocycles. The highest BCUT2D eigenvalue weighted by Crippen LogP contribution is 2.33. The molecule has 0 spiro atoms. The van der Waals surface area contributed by atoms with Crippen molar-refractivity contribution < 1.29 is 14.4 Å². The fourth-order valence-corrected chi connectivity index (χ4v) is 3.13. The molecule has 0 fully saturated rings. The predicted octanol–water partition coefficient (Wildman–Crippen LogP) is 3.05. The van der Waals surface area contributed by atoms with E-state index in [2.05, 4.69) is 11.9 Å². The van der Waals surface area contributed by atoms with Crippen molar-refractivity contribution in [1.29, 1.82) is 0 Å². The van der Waals surface area contributed by atoms with E-state index in [4.69, 9.17) is 0 Å². The second kappa shape index (κ2) is 7.92. The van der Waals surface area contributed by atoms with E-state index in [0.717, 1.165) is 5.69 Å². The van der Waals surface area contributed by atoms with Gasteiger partial charge in [0.15, 0.2) is 0 Å². The quantitative estimate of drug-likeness (QED) is 0.622. The van der Waals surface area contributed by atoms with Gasteiger partial charge in [-0.3, -0.25) is 19.3 Å². The Labute approximate surface area is 163 Å². The largest absolute Gasteiger partial charge is 0.339 e. The van der Waals surface area contributed by atoms with Gasteiger partial charge in [-0.05, 0) is 29.8 Å². The number of hydrogen-bond donors (Lipinski definition) is 1. The van der Waals surface area contributed by atoms with Crippen LogP contribution in [0, 0.1) is 0 Å². The molecule has 2 aromatic rings. The van der Waals surface area contributed by atoms with Gasteiger partial charge in [0.2, 0.25) is 5.91 Å². The Morgan fingerprint density at radius 2 is 1.71 bits per heavy atom. The maximum atomic E-state index is 13.0. The summed E-state index contributed by atoms with van der Waals surface area (Å²) in [6.45, 7) is 5.20. The molecule has 1 N–H and O–H groups in total. The molecule has 6 nitrogen and oxygen atoms in total. The van der Waals surface area contributed by atoms with Crippen LogP contribution in [0.25, 0.3) is 5.57 Å². The fraction of sp³-hybridized carbons (Fsp3) is 0.136. The van der Waals surface area contributed by atoms with Gasteiger partial charge in [0.05, 0.1) is 5.57 Å². The predicted molar refractivity (Wildman–Crippen MR) is 109 cm³/mol. The summed E-state index contributed by atoms with van der Waals surface area (Å²) in [5.74, 6) is -0.909. The third kappa shape index (κ3) is 3.57. The van der Waals surface area contributed by atoms with Crippen LogP contribution in [-0.2, 0) is 14.4 Å². The number of benzene rings is 2. The summed E-state index contributed by atoms with van der Waals surface area (Å²) in [6.07, 6.45) is 1.53.